The number of piperidine rings is 1. The Labute approximate surface area is 155 Å². The highest BCUT2D eigenvalue weighted by Gasteiger charge is 2.27. The van der Waals surface area contributed by atoms with Crippen molar-refractivity contribution in [2.24, 2.45) is 5.92 Å². The third kappa shape index (κ3) is 4.94. The maximum absolute atomic E-state index is 12.4. The van der Waals surface area contributed by atoms with E-state index in [4.69, 9.17) is 0 Å². The van der Waals surface area contributed by atoms with Gasteiger partial charge in [0.15, 0.2) is 0 Å². The Bertz CT molecular complexity index is 732. The van der Waals surface area contributed by atoms with Crippen LogP contribution in [-0.2, 0) is 16.0 Å². The van der Waals surface area contributed by atoms with Crippen molar-refractivity contribution in [2.75, 3.05) is 18.4 Å². The number of nitrogens with zero attached hydrogens (tertiary/aromatic N) is 1. The predicted molar refractivity (Wildman–Crippen MR) is 104 cm³/mol. The Morgan fingerprint density at radius 1 is 1.00 bits per heavy atom. The van der Waals surface area contributed by atoms with Gasteiger partial charge in [0.05, 0.1) is 0 Å². The Kier molecular flexibility index (Phi) is 6.05. The minimum atomic E-state index is -0.0190. The van der Waals surface area contributed by atoms with E-state index < -0.39 is 0 Å². The summed E-state index contributed by atoms with van der Waals surface area (Å²) in [7, 11) is 0. The van der Waals surface area contributed by atoms with Crippen LogP contribution in [0.25, 0.3) is 0 Å². The summed E-state index contributed by atoms with van der Waals surface area (Å²) < 4.78 is 0. The zero-order valence-electron chi connectivity index (χ0n) is 15.3. The summed E-state index contributed by atoms with van der Waals surface area (Å²) in [5.41, 5.74) is 3.19. The molecule has 0 saturated carbocycles. The molecule has 1 N–H and O–H groups in total. The van der Waals surface area contributed by atoms with Crippen molar-refractivity contribution < 1.29 is 9.59 Å². The van der Waals surface area contributed by atoms with E-state index in [0.717, 1.165) is 24.9 Å². The van der Waals surface area contributed by atoms with Crippen molar-refractivity contribution in [3.05, 3.63) is 65.7 Å². The molecule has 4 heteroatoms. The first-order valence-electron chi connectivity index (χ1n) is 9.31. The molecule has 0 aliphatic carbocycles. The van der Waals surface area contributed by atoms with E-state index >= 15 is 0 Å². The second-order valence-electron chi connectivity index (χ2n) is 7.00. The first kappa shape index (κ1) is 18.2. The van der Waals surface area contributed by atoms with Crippen molar-refractivity contribution in [1.82, 2.24) is 4.90 Å². The number of benzene rings is 2. The van der Waals surface area contributed by atoms with Crippen LogP contribution >= 0.6 is 0 Å². The van der Waals surface area contributed by atoms with Gasteiger partial charge in [0.25, 0.3) is 0 Å². The number of hydrogen-bond donors (Lipinski definition) is 1. The van der Waals surface area contributed by atoms with Gasteiger partial charge in [0, 0.05) is 31.1 Å². The van der Waals surface area contributed by atoms with Crippen LogP contribution in [0.4, 0.5) is 5.69 Å². The van der Waals surface area contributed by atoms with Crippen LogP contribution in [-0.4, -0.2) is 29.8 Å². The lowest BCUT2D eigenvalue weighted by Crippen LogP contribution is -2.41. The number of amides is 2. The fourth-order valence-corrected chi connectivity index (χ4v) is 3.33. The molecule has 1 saturated heterocycles. The summed E-state index contributed by atoms with van der Waals surface area (Å²) in [5, 5.41) is 2.99. The van der Waals surface area contributed by atoms with Crippen LogP contribution in [0.15, 0.2) is 54.6 Å². The Hall–Kier alpha value is -2.62. The zero-order valence-corrected chi connectivity index (χ0v) is 15.3. The summed E-state index contributed by atoms with van der Waals surface area (Å²) in [6.45, 7) is 3.36. The number of hydrogen-bond acceptors (Lipinski definition) is 2. The molecule has 0 radical (unpaired) electrons. The lowest BCUT2D eigenvalue weighted by Gasteiger charge is -2.31. The summed E-state index contributed by atoms with van der Waals surface area (Å²) in [5.74, 6) is 0.228. The second kappa shape index (κ2) is 8.65. The van der Waals surface area contributed by atoms with Crippen molar-refractivity contribution >= 4 is 17.5 Å². The van der Waals surface area contributed by atoms with Gasteiger partial charge in [-0.25, -0.2) is 0 Å². The highest BCUT2D eigenvalue weighted by Crippen LogP contribution is 2.20. The quantitative estimate of drug-likeness (QED) is 0.891. The number of nitrogens with one attached hydrogen (secondary N) is 1. The Morgan fingerprint density at radius 2 is 1.65 bits per heavy atom. The van der Waals surface area contributed by atoms with E-state index in [1.807, 2.05) is 54.3 Å². The van der Waals surface area contributed by atoms with Gasteiger partial charge < -0.3 is 10.2 Å². The molecule has 3 rings (SSSR count). The van der Waals surface area contributed by atoms with Gasteiger partial charge in [0.2, 0.25) is 11.8 Å². The standard InChI is InChI=1S/C22H26N2O2/c1-17-7-10-20(11-8-17)23-22(26)19-13-15-24(16-14-19)21(25)12-9-18-5-3-2-4-6-18/h2-8,10-11,19H,9,12-16H2,1H3,(H,23,26). The first-order chi connectivity index (χ1) is 12.6. The lowest BCUT2D eigenvalue weighted by atomic mass is 9.95. The number of anilines is 1. The molecule has 0 atom stereocenters. The molecule has 0 spiro atoms. The van der Waals surface area contributed by atoms with Crippen molar-refractivity contribution in [3.63, 3.8) is 0 Å². The van der Waals surface area contributed by atoms with E-state index in [2.05, 4.69) is 17.4 Å². The number of carbonyl (C=O) groups excluding carboxylic acids is 2. The van der Waals surface area contributed by atoms with Crippen LogP contribution in [0.1, 0.15) is 30.4 Å². The molecule has 2 amide bonds. The smallest absolute Gasteiger partial charge is 0.227 e. The van der Waals surface area contributed by atoms with Gasteiger partial charge >= 0.3 is 0 Å². The molecule has 1 aliphatic rings. The van der Waals surface area contributed by atoms with Gasteiger partial charge in [-0.2, -0.15) is 0 Å². The molecule has 0 unspecified atom stereocenters. The third-order valence-electron chi connectivity index (χ3n) is 5.01. The van der Waals surface area contributed by atoms with Crippen molar-refractivity contribution in [1.29, 1.82) is 0 Å². The minimum Gasteiger partial charge on any atom is -0.343 e. The van der Waals surface area contributed by atoms with E-state index in [1.165, 1.54) is 11.1 Å². The number of likely N-dealkylation sites (tertiary alicyclic amines) is 1. The summed E-state index contributed by atoms with van der Waals surface area (Å²) in [4.78, 5) is 26.7. The molecular weight excluding hydrogens is 324 g/mol. The predicted octanol–water partition coefficient (Wildman–Crippen LogP) is 3.80. The van der Waals surface area contributed by atoms with Gasteiger partial charge in [-0.1, -0.05) is 48.0 Å². The fraction of sp³-hybridized carbons (Fsp3) is 0.364. The maximum Gasteiger partial charge on any atom is 0.227 e. The molecule has 1 heterocycles. The van der Waals surface area contributed by atoms with E-state index in [-0.39, 0.29) is 17.7 Å². The van der Waals surface area contributed by atoms with Crippen LogP contribution in [0.5, 0.6) is 0 Å². The third-order valence-corrected chi connectivity index (χ3v) is 5.01. The van der Waals surface area contributed by atoms with E-state index in [1.54, 1.807) is 0 Å². The van der Waals surface area contributed by atoms with Gasteiger partial charge in [0.1, 0.15) is 0 Å². The highest BCUT2D eigenvalue weighted by molar-refractivity contribution is 5.92. The summed E-state index contributed by atoms with van der Waals surface area (Å²) in [6, 6.07) is 17.9. The van der Waals surface area contributed by atoms with Crippen LogP contribution in [0.3, 0.4) is 0 Å². The Morgan fingerprint density at radius 3 is 2.31 bits per heavy atom. The van der Waals surface area contributed by atoms with E-state index in [0.29, 0.717) is 19.5 Å². The fourth-order valence-electron chi connectivity index (χ4n) is 3.33. The highest BCUT2D eigenvalue weighted by atomic mass is 16.2. The number of aryl methyl sites for hydroxylation is 2. The lowest BCUT2D eigenvalue weighted by molar-refractivity contribution is -0.134. The average Bonchev–Trinajstić information content (AvgIpc) is 2.69. The largest absolute Gasteiger partial charge is 0.343 e. The number of rotatable bonds is 5. The summed E-state index contributed by atoms with van der Waals surface area (Å²) >= 11 is 0. The molecule has 2 aromatic carbocycles. The normalized spacial score (nSPS) is 14.9. The summed E-state index contributed by atoms with van der Waals surface area (Å²) in [6.07, 6.45) is 2.77. The molecule has 136 valence electrons. The molecule has 2 aromatic rings. The molecular formula is C22H26N2O2. The van der Waals surface area contributed by atoms with Crippen LogP contribution in [0.2, 0.25) is 0 Å². The second-order valence-corrected chi connectivity index (χ2v) is 7.00. The van der Waals surface area contributed by atoms with Gasteiger partial charge in [-0.3, -0.25) is 9.59 Å². The molecule has 0 aromatic heterocycles. The Balaban J connectivity index is 1.43. The number of carbonyl (C=O) groups is 2. The SMILES string of the molecule is Cc1ccc(NC(=O)C2CCN(C(=O)CCc3ccccc3)CC2)cc1. The van der Waals surface area contributed by atoms with Crippen LogP contribution < -0.4 is 5.32 Å². The van der Waals surface area contributed by atoms with Crippen molar-refractivity contribution in [3.8, 4) is 0 Å². The molecule has 1 fully saturated rings. The molecule has 4 nitrogen and oxygen atoms in total. The molecule has 26 heavy (non-hydrogen) atoms. The monoisotopic (exact) mass is 350 g/mol. The molecule has 0 bridgehead atoms. The van der Waals surface area contributed by atoms with Crippen LogP contribution in [0, 0.1) is 12.8 Å². The molecule has 1 aliphatic heterocycles. The van der Waals surface area contributed by atoms with Crippen molar-refractivity contribution in [2.45, 2.75) is 32.6 Å². The van der Waals surface area contributed by atoms with Gasteiger partial charge in [-0.15, -0.1) is 0 Å². The zero-order chi connectivity index (χ0) is 18.4. The maximum atomic E-state index is 12.4. The van der Waals surface area contributed by atoms with E-state index in [9.17, 15) is 9.59 Å². The average molecular weight is 350 g/mol. The van der Waals surface area contributed by atoms with Gasteiger partial charge in [-0.05, 0) is 43.9 Å². The first-order valence-corrected chi connectivity index (χ1v) is 9.31. The topological polar surface area (TPSA) is 49.4 Å². The minimum absolute atomic E-state index is 0.0190.